The molecule has 0 aromatic carbocycles. The number of nitrogens with zero attached hydrogens (tertiary/aromatic N) is 1. The van der Waals surface area contributed by atoms with Crippen molar-refractivity contribution in [2.24, 2.45) is 5.92 Å². The molecule has 0 bridgehead atoms. The monoisotopic (exact) mass is 205 g/mol. The van der Waals surface area contributed by atoms with Gasteiger partial charge in [-0.3, -0.25) is 4.79 Å². The van der Waals surface area contributed by atoms with Crippen molar-refractivity contribution in [2.45, 2.75) is 19.4 Å². The number of pyridine rings is 1. The molecule has 0 aliphatic heterocycles. The Morgan fingerprint density at radius 1 is 1.60 bits per heavy atom. The lowest BCUT2D eigenvalue weighted by Gasteiger charge is -2.05. The van der Waals surface area contributed by atoms with Gasteiger partial charge >= 0.3 is 0 Å². The topological polar surface area (TPSA) is 54.0 Å². The highest BCUT2D eigenvalue weighted by Gasteiger charge is 2.33. The average Bonchev–Trinajstić information content (AvgIpc) is 2.94. The predicted octanol–water partition coefficient (Wildman–Crippen LogP) is 1.26. The van der Waals surface area contributed by atoms with E-state index in [4.69, 9.17) is 0 Å². The third-order valence-electron chi connectivity index (χ3n) is 2.70. The van der Waals surface area contributed by atoms with E-state index in [2.05, 4.69) is 22.5 Å². The normalized spacial score (nSPS) is 23.3. The van der Waals surface area contributed by atoms with Crippen molar-refractivity contribution in [3.8, 4) is 0 Å². The Labute approximate surface area is 89.1 Å². The van der Waals surface area contributed by atoms with Gasteiger partial charge in [-0.2, -0.15) is 0 Å². The number of aromatic nitrogens is 1. The maximum absolute atomic E-state index is 11.7. The van der Waals surface area contributed by atoms with Crippen LogP contribution in [-0.2, 0) is 0 Å². The van der Waals surface area contributed by atoms with Gasteiger partial charge in [-0.25, -0.2) is 4.98 Å². The van der Waals surface area contributed by atoms with Crippen molar-refractivity contribution in [2.75, 3.05) is 12.4 Å². The molecule has 2 unspecified atom stereocenters. The minimum absolute atomic E-state index is 0.0109. The van der Waals surface area contributed by atoms with E-state index in [1.54, 1.807) is 25.4 Å². The molecule has 1 aromatic rings. The molecule has 1 saturated carbocycles. The first kappa shape index (κ1) is 9.96. The van der Waals surface area contributed by atoms with Gasteiger partial charge in [-0.15, -0.1) is 0 Å². The van der Waals surface area contributed by atoms with Gasteiger partial charge in [0.15, 0.2) is 0 Å². The van der Waals surface area contributed by atoms with E-state index >= 15 is 0 Å². The second-order valence-corrected chi connectivity index (χ2v) is 3.97. The first-order chi connectivity index (χ1) is 7.20. The molecule has 2 rings (SSSR count). The van der Waals surface area contributed by atoms with Gasteiger partial charge in [0.05, 0.1) is 0 Å². The molecular formula is C11H15N3O. The van der Waals surface area contributed by atoms with Crippen LogP contribution >= 0.6 is 0 Å². The smallest absolute Gasteiger partial charge is 0.251 e. The van der Waals surface area contributed by atoms with Gasteiger partial charge in [-0.1, -0.05) is 6.92 Å². The van der Waals surface area contributed by atoms with E-state index in [1.165, 1.54) is 0 Å². The summed E-state index contributed by atoms with van der Waals surface area (Å²) in [5, 5.41) is 5.89. The summed E-state index contributed by atoms with van der Waals surface area (Å²) in [5.41, 5.74) is 0.661. The number of hydrogen-bond acceptors (Lipinski definition) is 3. The van der Waals surface area contributed by atoms with Crippen LogP contribution in [0, 0.1) is 5.92 Å². The van der Waals surface area contributed by atoms with Crippen molar-refractivity contribution < 1.29 is 4.79 Å². The maximum Gasteiger partial charge on any atom is 0.251 e. The lowest BCUT2D eigenvalue weighted by Crippen LogP contribution is -2.26. The molecule has 1 aliphatic carbocycles. The van der Waals surface area contributed by atoms with Crippen molar-refractivity contribution in [3.05, 3.63) is 23.9 Å². The number of nitrogens with one attached hydrogen (secondary N) is 2. The average molecular weight is 205 g/mol. The van der Waals surface area contributed by atoms with E-state index in [0.717, 1.165) is 6.42 Å². The third kappa shape index (κ3) is 2.26. The summed E-state index contributed by atoms with van der Waals surface area (Å²) in [5.74, 6) is 1.33. The Hall–Kier alpha value is -1.58. The quantitative estimate of drug-likeness (QED) is 0.781. The van der Waals surface area contributed by atoms with Crippen LogP contribution in [0.15, 0.2) is 18.3 Å². The van der Waals surface area contributed by atoms with Crippen molar-refractivity contribution >= 4 is 11.7 Å². The summed E-state index contributed by atoms with van der Waals surface area (Å²) in [6, 6.07) is 3.84. The summed E-state index contributed by atoms with van der Waals surface area (Å²) in [6.45, 7) is 2.14. The molecule has 1 aliphatic rings. The molecule has 2 N–H and O–H groups in total. The van der Waals surface area contributed by atoms with Crippen LogP contribution in [0.1, 0.15) is 23.7 Å². The minimum atomic E-state index is -0.0109. The summed E-state index contributed by atoms with van der Waals surface area (Å²) in [7, 11) is 1.78. The summed E-state index contributed by atoms with van der Waals surface area (Å²) in [4.78, 5) is 15.8. The number of amides is 1. The fourth-order valence-corrected chi connectivity index (χ4v) is 1.48. The van der Waals surface area contributed by atoms with Crippen LogP contribution in [0.2, 0.25) is 0 Å². The van der Waals surface area contributed by atoms with E-state index in [1.807, 2.05) is 0 Å². The van der Waals surface area contributed by atoms with Gasteiger partial charge in [0.2, 0.25) is 0 Å². The SMILES string of the molecule is CNc1cc(C(=O)NC2CC2C)ccn1. The van der Waals surface area contributed by atoms with Crippen LogP contribution in [0.25, 0.3) is 0 Å². The molecule has 2 atom stereocenters. The molecule has 4 heteroatoms. The Morgan fingerprint density at radius 3 is 2.93 bits per heavy atom. The van der Waals surface area contributed by atoms with Crippen LogP contribution in [0.4, 0.5) is 5.82 Å². The molecule has 15 heavy (non-hydrogen) atoms. The van der Waals surface area contributed by atoms with Gasteiger partial charge in [0.25, 0.3) is 5.91 Å². The minimum Gasteiger partial charge on any atom is -0.373 e. The molecular weight excluding hydrogens is 190 g/mol. The Morgan fingerprint density at radius 2 is 2.33 bits per heavy atom. The largest absolute Gasteiger partial charge is 0.373 e. The maximum atomic E-state index is 11.7. The summed E-state index contributed by atoms with van der Waals surface area (Å²) in [6.07, 6.45) is 2.73. The van der Waals surface area contributed by atoms with Crippen LogP contribution in [0.5, 0.6) is 0 Å². The molecule has 1 fully saturated rings. The summed E-state index contributed by atoms with van der Waals surface area (Å²) < 4.78 is 0. The molecule has 0 spiro atoms. The fourth-order valence-electron chi connectivity index (χ4n) is 1.48. The number of carbonyl (C=O) groups excluding carboxylic acids is 1. The number of carbonyl (C=O) groups is 1. The highest BCUT2D eigenvalue weighted by molar-refractivity contribution is 5.95. The lowest BCUT2D eigenvalue weighted by atomic mass is 10.2. The molecule has 4 nitrogen and oxygen atoms in total. The van der Waals surface area contributed by atoms with Gasteiger partial charge in [0, 0.05) is 24.8 Å². The Balaban J connectivity index is 2.04. The highest BCUT2D eigenvalue weighted by Crippen LogP contribution is 2.29. The van der Waals surface area contributed by atoms with Crippen LogP contribution < -0.4 is 10.6 Å². The van der Waals surface area contributed by atoms with Gasteiger partial charge in [0.1, 0.15) is 5.82 Å². The van der Waals surface area contributed by atoms with Crippen molar-refractivity contribution in [1.82, 2.24) is 10.3 Å². The van der Waals surface area contributed by atoms with E-state index in [0.29, 0.717) is 23.3 Å². The third-order valence-corrected chi connectivity index (χ3v) is 2.70. The number of anilines is 1. The second-order valence-electron chi connectivity index (χ2n) is 3.97. The molecule has 1 heterocycles. The van der Waals surface area contributed by atoms with E-state index in [9.17, 15) is 4.79 Å². The molecule has 80 valence electrons. The molecule has 0 radical (unpaired) electrons. The number of rotatable bonds is 3. The zero-order chi connectivity index (χ0) is 10.8. The van der Waals surface area contributed by atoms with Crippen molar-refractivity contribution in [1.29, 1.82) is 0 Å². The Bertz CT molecular complexity index is 378. The van der Waals surface area contributed by atoms with E-state index in [-0.39, 0.29) is 5.91 Å². The fraction of sp³-hybridized carbons (Fsp3) is 0.455. The lowest BCUT2D eigenvalue weighted by molar-refractivity contribution is 0.0949. The van der Waals surface area contributed by atoms with Crippen LogP contribution in [-0.4, -0.2) is 24.0 Å². The zero-order valence-electron chi connectivity index (χ0n) is 8.95. The van der Waals surface area contributed by atoms with E-state index < -0.39 is 0 Å². The second kappa shape index (κ2) is 3.88. The summed E-state index contributed by atoms with van der Waals surface area (Å²) >= 11 is 0. The molecule has 1 aromatic heterocycles. The van der Waals surface area contributed by atoms with Crippen molar-refractivity contribution in [3.63, 3.8) is 0 Å². The molecule has 1 amide bonds. The van der Waals surface area contributed by atoms with Gasteiger partial charge in [-0.05, 0) is 24.5 Å². The van der Waals surface area contributed by atoms with Gasteiger partial charge < -0.3 is 10.6 Å². The standard InChI is InChI=1S/C11H15N3O/c1-7-5-9(7)14-11(15)8-3-4-13-10(6-8)12-2/h3-4,6-7,9H,5H2,1-2H3,(H,12,13)(H,14,15). The Kier molecular flexibility index (Phi) is 2.58. The zero-order valence-corrected chi connectivity index (χ0v) is 8.95. The number of hydrogen-bond donors (Lipinski definition) is 2. The molecule has 0 saturated heterocycles. The van der Waals surface area contributed by atoms with Crippen LogP contribution in [0.3, 0.4) is 0 Å². The first-order valence-electron chi connectivity index (χ1n) is 5.15. The first-order valence-corrected chi connectivity index (χ1v) is 5.15. The predicted molar refractivity (Wildman–Crippen MR) is 58.8 cm³/mol. The highest BCUT2D eigenvalue weighted by atomic mass is 16.1.